The van der Waals surface area contributed by atoms with E-state index in [2.05, 4.69) is 118 Å². The second kappa shape index (κ2) is 9.35. The van der Waals surface area contributed by atoms with E-state index in [1.54, 1.807) is 0 Å². The molecule has 0 aliphatic heterocycles. The summed E-state index contributed by atoms with van der Waals surface area (Å²) in [6, 6.07) is 43.9. The number of nitrogen functional groups attached to an aromatic ring is 1. The molecule has 33 heavy (non-hydrogen) atoms. The number of para-hydroxylation sites is 2. The van der Waals surface area contributed by atoms with Gasteiger partial charge < -0.3 is 10.6 Å². The molecule has 2 N–H and O–H groups in total. The van der Waals surface area contributed by atoms with Gasteiger partial charge in [-0.3, -0.25) is 0 Å². The quantitative estimate of drug-likeness (QED) is 0.249. The molecule has 0 fully saturated rings. The van der Waals surface area contributed by atoms with Gasteiger partial charge in [0.05, 0.1) is 0 Å². The second-order valence-electron chi connectivity index (χ2n) is 7.84. The van der Waals surface area contributed by atoms with E-state index < -0.39 is 0 Å². The molecule has 0 aromatic heterocycles. The van der Waals surface area contributed by atoms with Crippen LogP contribution in [0.5, 0.6) is 0 Å². The first-order chi connectivity index (χ1) is 16.2. The predicted octanol–water partition coefficient (Wildman–Crippen LogP) is 8.84. The highest BCUT2D eigenvalue weighted by Gasteiger charge is 2.15. The number of benzene rings is 5. The minimum Gasteiger partial charge on any atom is -0.398 e. The Kier molecular flexibility index (Phi) is 5.97. The van der Waals surface area contributed by atoms with Crippen molar-refractivity contribution in [3.8, 4) is 22.3 Å². The minimum atomic E-state index is 0.775. The number of hydrogen-bond acceptors (Lipinski definition) is 2. The molecule has 0 bridgehead atoms. The summed E-state index contributed by atoms with van der Waals surface area (Å²) >= 11 is 3.70. The molecule has 3 heteroatoms. The van der Waals surface area contributed by atoms with E-state index in [9.17, 15) is 0 Å². The fraction of sp³-hybridized carbons (Fsp3) is 0. The van der Waals surface area contributed by atoms with Gasteiger partial charge in [-0.05, 0) is 65.2 Å². The van der Waals surface area contributed by atoms with Gasteiger partial charge in [0.15, 0.2) is 0 Å². The molecule has 5 rings (SSSR count). The number of rotatable bonds is 5. The lowest BCUT2D eigenvalue weighted by atomic mass is 10.0. The minimum absolute atomic E-state index is 0.775. The second-order valence-corrected chi connectivity index (χ2v) is 8.69. The van der Waals surface area contributed by atoms with Crippen molar-refractivity contribution in [3.63, 3.8) is 0 Å². The third kappa shape index (κ3) is 4.41. The van der Waals surface area contributed by atoms with Gasteiger partial charge in [0.25, 0.3) is 0 Å². The first kappa shape index (κ1) is 21.0. The summed E-state index contributed by atoms with van der Waals surface area (Å²) in [6.45, 7) is 0. The Hall–Kier alpha value is -3.82. The van der Waals surface area contributed by atoms with E-state index in [0.717, 1.165) is 49.5 Å². The van der Waals surface area contributed by atoms with Crippen LogP contribution in [0.4, 0.5) is 22.7 Å². The maximum absolute atomic E-state index is 6.28. The maximum atomic E-state index is 6.28. The molecule has 0 atom stereocenters. The van der Waals surface area contributed by atoms with Crippen molar-refractivity contribution in [2.45, 2.75) is 0 Å². The van der Waals surface area contributed by atoms with Crippen LogP contribution in [0, 0.1) is 0 Å². The van der Waals surface area contributed by atoms with Crippen molar-refractivity contribution in [2.24, 2.45) is 0 Å². The van der Waals surface area contributed by atoms with E-state index in [0.29, 0.717) is 0 Å². The van der Waals surface area contributed by atoms with Crippen molar-refractivity contribution >= 4 is 38.7 Å². The van der Waals surface area contributed by atoms with Gasteiger partial charge in [0.2, 0.25) is 0 Å². The van der Waals surface area contributed by atoms with Crippen LogP contribution >= 0.6 is 15.9 Å². The van der Waals surface area contributed by atoms with Gasteiger partial charge in [-0.2, -0.15) is 0 Å². The van der Waals surface area contributed by atoms with E-state index >= 15 is 0 Å². The lowest BCUT2D eigenvalue weighted by Gasteiger charge is -2.26. The van der Waals surface area contributed by atoms with Gasteiger partial charge >= 0.3 is 0 Å². The van der Waals surface area contributed by atoms with Crippen molar-refractivity contribution in [1.29, 1.82) is 0 Å². The number of nitrogens with zero attached hydrogens (tertiary/aromatic N) is 1. The molecular weight excluding hydrogens is 468 g/mol. The standard InChI is InChI=1S/C30H23BrN2/c31-29-18-6-4-16-27(29)22-10-8-14-25(20-22)33(24-12-2-1-3-13-24)26-15-9-11-23(21-26)28-17-5-7-19-30(28)32/h1-21H,32H2. The molecule has 0 saturated carbocycles. The zero-order valence-electron chi connectivity index (χ0n) is 18.0. The normalized spacial score (nSPS) is 10.7. The monoisotopic (exact) mass is 490 g/mol. The fourth-order valence-electron chi connectivity index (χ4n) is 4.10. The molecule has 2 nitrogen and oxygen atoms in total. The SMILES string of the molecule is Nc1ccccc1-c1cccc(N(c2ccccc2)c2cccc(-c3ccccc3Br)c2)c1. The van der Waals surface area contributed by atoms with Crippen LogP contribution in [-0.4, -0.2) is 0 Å². The summed E-state index contributed by atoms with van der Waals surface area (Å²) in [7, 11) is 0. The largest absolute Gasteiger partial charge is 0.398 e. The molecule has 0 heterocycles. The maximum Gasteiger partial charge on any atom is 0.0467 e. The molecule has 0 amide bonds. The zero-order valence-corrected chi connectivity index (χ0v) is 19.6. The van der Waals surface area contributed by atoms with Gasteiger partial charge in [0.1, 0.15) is 0 Å². The third-order valence-corrected chi connectivity index (χ3v) is 6.37. The predicted molar refractivity (Wildman–Crippen MR) is 144 cm³/mol. The highest BCUT2D eigenvalue weighted by molar-refractivity contribution is 9.10. The number of hydrogen-bond donors (Lipinski definition) is 1. The summed E-state index contributed by atoms with van der Waals surface area (Å²) in [4.78, 5) is 2.28. The Balaban J connectivity index is 1.65. The summed E-state index contributed by atoms with van der Waals surface area (Å²) in [5.41, 5.74) is 14.8. The lowest BCUT2D eigenvalue weighted by Crippen LogP contribution is -2.10. The first-order valence-electron chi connectivity index (χ1n) is 10.9. The Morgan fingerprint density at radius 2 is 1.00 bits per heavy atom. The van der Waals surface area contributed by atoms with Gasteiger partial charge in [-0.15, -0.1) is 0 Å². The van der Waals surface area contributed by atoms with Crippen LogP contribution in [0.25, 0.3) is 22.3 Å². The third-order valence-electron chi connectivity index (χ3n) is 5.68. The molecule has 0 aliphatic carbocycles. The van der Waals surface area contributed by atoms with Crippen LogP contribution in [0.2, 0.25) is 0 Å². The van der Waals surface area contributed by atoms with E-state index in [1.165, 1.54) is 0 Å². The summed E-state index contributed by atoms with van der Waals surface area (Å²) in [5, 5.41) is 0. The van der Waals surface area contributed by atoms with E-state index in [1.807, 2.05) is 30.3 Å². The highest BCUT2D eigenvalue weighted by Crippen LogP contribution is 2.39. The van der Waals surface area contributed by atoms with Gasteiger partial charge in [-0.1, -0.05) is 94.8 Å². The summed E-state index contributed by atoms with van der Waals surface area (Å²) in [6.07, 6.45) is 0. The summed E-state index contributed by atoms with van der Waals surface area (Å²) < 4.78 is 1.08. The van der Waals surface area contributed by atoms with Crippen LogP contribution in [0.1, 0.15) is 0 Å². The van der Waals surface area contributed by atoms with Crippen molar-refractivity contribution in [3.05, 3.63) is 132 Å². The van der Waals surface area contributed by atoms with Gasteiger partial charge in [-0.25, -0.2) is 0 Å². The average Bonchev–Trinajstić information content (AvgIpc) is 2.86. The molecule has 5 aromatic rings. The number of halogens is 1. The average molecular weight is 491 g/mol. The van der Waals surface area contributed by atoms with Crippen molar-refractivity contribution < 1.29 is 0 Å². The molecule has 160 valence electrons. The lowest BCUT2D eigenvalue weighted by molar-refractivity contribution is 1.28. The topological polar surface area (TPSA) is 29.3 Å². The van der Waals surface area contributed by atoms with Crippen LogP contribution < -0.4 is 10.6 Å². The van der Waals surface area contributed by atoms with E-state index in [4.69, 9.17) is 5.73 Å². The van der Waals surface area contributed by atoms with Crippen molar-refractivity contribution in [1.82, 2.24) is 0 Å². The first-order valence-corrected chi connectivity index (χ1v) is 11.6. The molecule has 0 spiro atoms. The molecular formula is C30H23BrN2. The van der Waals surface area contributed by atoms with Crippen LogP contribution in [-0.2, 0) is 0 Å². The fourth-order valence-corrected chi connectivity index (χ4v) is 4.62. The Morgan fingerprint density at radius 1 is 0.485 bits per heavy atom. The number of anilines is 4. The zero-order chi connectivity index (χ0) is 22.6. The van der Waals surface area contributed by atoms with Gasteiger partial charge in [0, 0.05) is 32.8 Å². The van der Waals surface area contributed by atoms with Crippen molar-refractivity contribution in [2.75, 3.05) is 10.6 Å². The Bertz CT molecular complexity index is 1310. The van der Waals surface area contributed by atoms with Crippen LogP contribution in [0.15, 0.2) is 132 Å². The highest BCUT2D eigenvalue weighted by atomic mass is 79.9. The smallest absolute Gasteiger partial charge is 0.0467 e. The summed E-state index contributed by atoms with van der Waals surface area (Å²) in [5.74, 6) is 0. The molecule has 0 unspecified atom stereocenters. The molecule has 0 saturated heterocycles. The Labute approximate surface area is 203 Å². The number of nitrogens with two attached hydrogens (primary N) is 1. The molecule has 0 aliphatic rings. The molecule has 5 aromatic carbocycles. The van der Waals surface area contributed by atoms with E-state index in [-0.39, 0.29) is 0 Å². The van der Waals surface area contributed by atoms with Crippen LogP contribution in [0.3, 0.4) is 0 Å². The Morgan fingerprint density at radius 3 is 1.64 bits per heavy atom. The molecule has 0 radical (unpaired) electrons.